The van der Waals surface area contributed by atoms with Crippen LogP contribution < -0.4 is 5.32 Å². The molecule has 2 aromatic rings. The number of carbonyl (C=O) groups is 1. The van der Waals surface area contributed by atoms with Crippen LogP contribution in [0.4, 0.5) is 5.69 Å². The Morgan fingerprint density at radius 3 is 2.64 bits per heavy atom. The lowest BCUT2D eigenvalue weighted by molar-refractivity contribution is -0.121. The quantitative estimate of drug-likeness (QED) is 0.799. The molecule has 1 atom stereocenters. The summed E-state index contributed by atoms with van der Waals surface area (Å²) >= 11 is 12.0. The molecule has 1 aliphatic rings. The van der Waals surface area contributed by atoms with E-state index in [1.165, 1.54) is 5.56 Å². The lowest BCUT2D eigenvalue weighted by atomic mass is 9.96. The molecule has 132 valence electrons. The summed E-state index contributed by atoms with van der Waals surface area (Å²) in [5.41, 5.74) is 3.04. The van der Waals surface area contributed by atoms with Gasteiger partial charge < -0.3 is 5.32 Å². The number of likely N-dealkylation sites (tertiary alicyclic amines) is 1. The molecule has 1 amide bonds. The van der Waals surface area contributed by atoms with Gasteiger partial charge in [-0.05, 0) is 61.7 Å². The lowest BCUT2D eigenvalue weighted by Crippen LogP contribution is -2.40. The summed E-state index contributed by atoms with van der Waals surface area (Å²) in [4.78, 5) is 15.0. The van der Waals surface area contributed by atoms with Crippen LogP contribution in [0, 0.1) is 12.8 Å². The molecule has 1 fully saturated rings. The molecule has 0 spiro atoms. The maximum atomic E-state index is 12.7. The minimum atomic E-state index is -0.000526. The summed E-state index contributed by atoms with van der Waals surface area (Å²) in [6.07, 6.45) is 1.95. The number of hydrogen-bond donors (Lipinski definition) is 1. The largest absolute Gasteiger partial charge is 0.326 e. The molecule has 3 rings (SSSR count). The fourth-order valence-electron chi connectivity index (χ4n) is 3.22. The number of piperidine rings is 1. The van der Waals surface area contributed by atoms with Gasteiger partial charge in [-0.2, -0.15) is 0 Å². The van der Waals surface area contributed by atoms with Gasteiger partial charge in [-0.1, -0.05) is 41.4 Å². The summed E-state index contributed by atoms with van der Waals surface area (Å²) in [5, 5.41) is 4.43. The number of nitrogens with one attached hydrogen (secondary N) is 1. The first-order valence-corrected chi connectivity index (χ1v) is 9.30. The van der Waals surface area contributed by atoms with Gasteiger partial charge in [0.2, 0.25) is 5.91 Å². The Morgan fingerprint density at radius 1 is 1.16 bits per heavy atom. The summed E-state index contributed by atoms with van der Waals surface area (Å²) in [6, 6.07) is 13.5. The first-order valence-electron chi connectivity index (χ1n) is 8.55. The Morgan fingerprint density at radius 2 is 1.88 bits per heavy atom. The van der Waals surface area contributed by atoms with Crippen molar-refractivity contribution in [3.05, 3.63) is 63.6 Å². The molecule has 0 unspecified atom stereocenters. The number of rotatable bonds is 4. The van der Waals surface area contributed by atoms with Crippen molar-refractivity contribution in [1.29, 1.82) is 0 Å². The summed E-state index contributed by atoms with van der Waals surface area (Å²) < 4.78 is 0. The monoisotopic (exact) mass is 376 g/mol. The molecule has 1 heterocycles. The summed E-state index contributed by atoms with van der Waals surface area (Å²) in [6.45, 7) is 4.60. The Bertz CT molecular complexity index is 746. The van der Waals surface area contributed by atoms with Crippen molar-refractivity contribution in [2.24, 2.45) is 5.92 Å². The standard InChI is InChI=1S/C20H22Cl2N2O/c1-14-4-7-18(22)11-19(14)23-20(25)16-3-2-10-24(13-16)12-15-5-8-17(21)9-6-15/h4-9,11,16H,2-3,10,12-13H2,1H3,(H,23,25)/t16-/m0/s1. The first kappa shape index (κ1) is 18.2. The first-order chi connectivity index (χ1) is 12.0. The van der Waals surface area contributed by atoms with Gasteiger partial charge in [-0.15, -0.1) is 0 Å². The van der Waals surface area contributed by atoms with Gasteiger partial charge in [0.15, 0.2) is 0 Å². The van der Waals surface area contributed by atoms with E-state index in [4.69, 9.17) is 23.2 Å². The van der Waals surface area contributed by atoms with E-state index in [0.717, 1.165) is 48.7 Å². The zero-order valence-corrected chi connectivity index (χ0v) is 15.8. The van der Waals surface area contributed by atoms with Crippen LogP contribution in [0.3, 0.4) is 0 Å². The van der Waals surface area contributed by atoms with Crippen LogP contribution in [0.1, 0.15) is 24.0 Å². The second kappa shape index (κ2) is 8.22. The molecule has 25 heavy (non-hydrogen) atoms. The van der Waals surface area contributed by atoms with E-state index in [2.05, 4.69) is 10.2 Å². The SMILES string of the molecule is Cc1ccc(Cl)cc1NC(=O)[C@H]1CCCN(Cc2ccc(Cl)cc2)C1. The third-order valence-electron chi connectivity index (χ3n) is 4.65. The van der Waals surface area contributed by atoms with Crippen LogP contribution in [0.2, 0.25) is 10.0 Å². The van der Waals surface area contributed by atoms with Gasteiger partial charge >= 0.3 is 0 Å². The van der Waals surface area contributed by atoms with Crippen LogP contribution in [0.15, 0.2) is 42.5 Å². The van der Waals surface area contributed by atoms with Crippen LogP contribution >= 0.6 is 23.2 Å². The number of nitrogens with zero attached hydrogens (tertiary/aromatic N) is 1. The minimum Gasteiger partial charge on any atom is -0.326 e. The third kappa shape index (κ3) is 4.97. The maximum Gasteiger partial charge on any atom is 0.228 e. The average molecular weight is 377 g/mol. The normalized spacial score (nSPS) is 18.1. The molecule has 1 aliphatic heterocycles. The van der Waals surface area contributed by atoms with Crippen LogP contribution in [0.5, 0.6) is 0 Å². The van der Waals surface area contributed by atoms with E-state index in [0.29, 0.717) is 5.02 Å². The Hall–Kier alpha value is -1.55. The fraction of sp³-hybridized carbons (Fsp3) is 0.350. The molecule has 2 aromatic carbocycles. The number of aryl methyl sites for hydroxylation is 1. The van der Waals surface area contributed by atoms with Gasteiger partial charge in [0, 0.05) is 28.8 Å². The predicted molar refractivity (Wildman–Crippen MR) is 104 cm³/mol. The average Bonchev–Trinajstić information content (AvgIpc) is 2.60. The second-order valence-electron chi connectivity index (χ2n) is 6.65. The van der Waals surface area contributed by atoms with Gasteiger partial charge in [0.25, 0.3) is 0 Å². The number of amides is 1. The van der Waals surface area contributed by atoms with Crippen molar-refractivity contribution in [3.63, 3.8) is 0 Å². The highest BCUT2D eigenvalue weighted by Crippen LogP contribution is 2.24. The lowest BCUT2D eigenvalue weighted by Gasteiger charge is -2.32. The molecule has 0 aliphatic carbocycles. The molecule has 1 saturated heterocycles. The predicted octanol–water partition coefficient (Wildman–Crippen LogP) is 5.15. The molecule has 0 saturated carbocycles. The number of hydrogen-bond acceptors (Lipinski definition) is 2. The van der Waals surface area contributed by atoms with E-state index in [1.54, 1.807) is 0 Å². The van der Waals surface area contributed by atoms with Crippen LogP contribution in [-0.4, -0.2) is 23.9 Å². The van der Waals surface area contributed by atoms with Crippen molar-refractivity contribution in [2.45, 2.75) is 26.3 Å². The smallest absolute Gasteiger partial charge is 0.228 e. The van der Waals surface area contributed by atoms with Gasteiger partial charge in [0.05, 0.1) is 5.92 Å². The van der Waals surface area contributed by atoms with Crippen LogP contribution in [-0.2, 0) is 11.3 Å². The summed E-state index contributed by atoms with van der Waals surface area (Å²) in [5.74, 6) is 0.0746. The van der Waals surface area contributed by atoms with Crippen molar-refractivity contribution in [3.8, 4) is 0 Å². The number of anilines is 1. The van der Waals surface area contributed by atoms with E-state index in [9.17, 15) is 4.79 Å². The minimum absolute atomic E-state index is 0.000526. The maximum absolute atomic E-state index is 12.7. The third-order valence-corrected chi connectivity index (χ3v) is 5.14. The zero-order chi connectivity index (χ0) is 17.8. The van der Waals surface area contributed by atoms with Crippen molar-refractivity contribution >= 4 is 34.8 Å². The fourth-order valence-corrected chi connectivity index (χ4v) is 3.52. The zero-order valence-electron chi connectivity index (χ0n) is 14.3. The Kier molecular flexibility index (Phi) is 6.00. The highest BCUT2D eigenvalue weighted by atomic mass is 35.5. The van der Waals surface area contributed by atoms with Crippen molar-refractivity contribution < 1.29 is 4.79 Å². The highest BCUT2D eigenvalue weighted by Gasteiger charge is 2.26. The number of benzene rings is 2. The Labute approximate surface area is 158 Å². The molecule has 3 nitrogen and oxygen atoms in total. The van der Waals surface area contributed by atoms with Crippen molar-refractivity contribution in [2.75, 3.05) is 18.4 Å². The van der Waals surface area contributed by atoms with E-state index in [-0.39, 0.29) is 11.8 Å². The molecular formula is C20H22Cl2N2O. The molecule has 0 bridgehead atoms. The number of carbonyl (C=O) groups excluding carboxylic acids is 1. The van der Waals surface area contributed by atoms with E-state index >= 15 is 0 Å². The van der Waals surface area contributed by atoms with Gasteiger partial charge in [-0.3, -0.25) is 9.69 Å². The number of halogens is 2. The van der Waals surface area contributed by atoms with E-state index < -0.39 is 0 Å². The molecular weight excluding hydrogens is 355 g/mol. The van der Waals surface area contributed by atoms with Crippen molar-refractivity contribution in [1.82, 2.24) is 4.90 Å². The molecule has 5 heteroatoms. The van der Waals surface area contributed by atoms with Gasteiger partial charge in [0.1, 0.15) is 0 Å². The molecule has 0 radical (unpaired) electrons. The Balaban J connectivity index is 1.61. The van der Waals surface area contributed by atoms with Crippen LogP contribution in [0.25, 0.3) is 0 Å². The highest BCUT2D eigenvalue weighted by molar-refractivity contribution is 6.31. The molecule has 1 N–H and O–H groups in total. The molecule has 0 aromatic heterocycles. The summed E-state index contributed by atoms with van der Waals surface area (Å²) in [7, 11) is 0. The second-order valence-corrected chi connectivity index (χ2v) is 7.52. The van der Waals surface area contributed by atoms with Gasteiger partial charge in [-0.25, -0.2) is 0 Å². The topological polar surface area (TPSA) is 32.3 Å². The van der Waals surface area contributed by atoms with E-state index in [1.807, 2.05) is 49.4 Å².